The predicted molar refractivity (Wildman–Crippen MR) is 60.7 cm³/mol. The van der Waals surface area contributed by atoms with Crippen molar-refractivity contribution in [3.05, 3.63) is 23.3 Å². The number of amides is 1. The zero-order valence-corrected chi connectivity index (χ0v) is 10.1. The van der Waals surface area contributed by atoms with E-state index in [4.69, 9.17) is 0 Å². The second kappa shape index (κ2) is 4.75. The highest BCUT2D eigenvalue weighted by molar-refractivity contribution is 6.00. The fourth-order valence-electron chi connectivity index (χ4n) is 1.47. The molecule has 1 aromatic carbocycles. The molecule has 0 unspecified atom stereocenters. The van der Waals surface area contributed by atoms with Gasteiger partial charge in [-0.25, -0.2) is 0 Å². The topological polar surface area (TPSA) is 52.6 Å². The number of carbonyl (C=O) groups excluding carboxylic acids is 1. The average molecular weight is 262 g/mol. The van der Waals surface area contributed by atoms with Gasteiger partial charge in [-0.1, -0.05) is 0 Å². The van der Waals surface area contributed by atoms with Gasteiger partial charge in [0, 0.05) is 21.1 Å². The summed E-state index contributed by atoms with van der Waals surface area (Å²) in [6, 6.07) is 1.84. The molecule has 0 spiro atoms. The third kappa shape index (κ3) is 2.49. The number of phenols is 1. The van der Waals surface area contributed by atoms with E-state index in [0.717, 1.165) is 17.0 Å². The highest BCUT2D eigenvalue weighted by Crippen LogP contribution is 2.39. The maximum absolute atomic E-state index is 12.8. The van der Waals surface area contributed by atoms with Crippen LogP contribution >= 0.6 is 0 Å². The summed E-state index contributed by atoms with van der Waals surface area (Å²) in [7, 11) is 4.06. The van der Waals surface area contributed by atoms with Gasteiger partial charge in [-0.05, 0) is 12.1 Å². The number of nitrogens with zero attached hydrogens (tertiary/aromatic N) is 1. The Labute approximate surface area is 102 Å². The summed E-state index contributed by atoms with van der Waals surface area (Å²) < 4.78 is 38.4. The lowest BCUT2D eigenvalue weighted by molar-refractivity contribution is -0.138. The lowest BCUT2D eigenvalue weighted by atomic mass is 10.0. The molecule has 100 valence electrons. The summed E-state index contributed by atoms with van der Waals surface area (Å²) in [6.07, 6.45) is -4.70. The number of halogens is 3. The van der Waals surface area contributed by atoms with E-state index in [-0.39, 0.29) is 5.69 Å². The predicted octanol–water partition coefficient (Wildman–Crippen LogP) is 2.15. The molecule has 0 aromatic heterocycles. The van der Waals surface area contributed by atoms with Gasteiger partial charge < -0.3 is 15.3 Å². The van der Waals surface area contributed by atoms with E-state index in [9.17, 15) is 23.1 Å². The van der Waals surface area contributed by atoms with E-state index in [2.05, 4.69) is 5.32 Å². The van der Waals surface area contributed by atoms with Crippen molar-refractivity contribution in [1.29, 1.82) is 0 Å². The lowest BCUT2D eigenvalue weighted by Crippen LogP contribution is -2.25. The zero-order chi connectivity index (χ0) is 14.1. The Morgan fingerprint density at radius 2 is 1.89 bits per heavy atom. The Balaban J connectivity index is 3.55. The Morgan fingerprint density at radius 3 is 2.28 bits per heavy atom. The van der Waals surface area contributed by atoms with Crippen LogP contribution in [0.3, 0.4) is 0 Å². The quantitative estimate of drug-likeness (QED) is 0.803. The zero-order valence-electron chi connectivity index (χ0n) is 10.1. The van der Waals surface area contributed by atoms with Crippen molar-refractivity contribution in [2.45, 2.75) is 6.18 Å². The molecule has 0 atom stereocenters. The molecule has 0 heterocycles. The number of carbonyl (C=O) groups is 1. The molecular formula is C11H13F3N2O2. The first-order valence-electron chi connectivity index (χ1n) is 5.02. The lowest BCUT2D eigenvalue weighted by Gasteiger charge is -2.18. The van der Waals surface area contributed by atoms with E-state index in [1.54, 1.807) is 0 Å². The van der Waals surface area contributed by atoms with E-state index in [1.165, 1.54) is 21.1 Å². The fraction of sp³-hybridized carbons (Fsp3) is 0.364. The normalized spacial score (nSPS) is 11.2. The van der Waals surface area contributed by atoms with Crippen LogP contribution in [-0.4, -0.2) is 37.1 Å². The number of aromatic hydroxyl groups is 1. The molecule has 0 radical (unpaired) electrons. The maximum Gasteiger partial charge on any atom is 0.417 e. The Hall–Kier alpha value is -1.92. The standard InChI is InChI=1S/C11H13F3N2O2/c1-15-7-5-4-6(11(12,13)14)8(9(7)17)10(18)16(2)3/h4-5,15,17H,1-3H3. The summed E-state index contributed by atoms with van der Waals surface area (Å²) in [4.78, 5) is 12.7. The highest BCUT2D eigenvalue weighted by atomic mass is 19.4. The summed E-state index contributed by atoms with van der Waals surface area (Å²) in [6.45, 7) is 0. The molecule has 0 bridgehead atoms. The smallest absolute Gasteiger partial charge is 0.417 e. The average Bonchev–Trinajstić information content (AvgIpc) is 2.26. The monoisotopic (exact) mass is 262 g/mol. The van der Waals surface area contributed by atoms with Gasteiger partial charge in [-0.15, -0.1) is 0 Å². The van der Waals surface area contributed by atoms with Crippen molar-refractivity contribution >= 4 is 11.6 Å². The maximum atomic E-state index is 12.8. The van der Waals surface area contributed by atoms with Gasteiger partial charge in [0.2, 0.25) is 0 Å². The van der Waals surface area contributed by atoms with E-state index in [0.29, 0.717) is 0 Å². The van der Waals surface area contributed by atoms with Crippen LogP contribution in [0.2, 0.25) is 0 Å². The number of anilines is 1. The molecule has 0 aliphatic carbocycles. The van der Waals surface area contributed by atoms with Crippen LogP contribution in [0.25, 0.3) is 0 Å². The number of hydrogen-bond donors (Lipinski definition) is 2. The van der Waals surface area contributed by atoms with Crippen molar-refractivity contribution in [3.63, 3.8) is 0 Å². The largest absolute Gasteiger partial charge is 0.505 e. The molecule has 0 aliphatic rings. The molecule has 1 rings (SSSR count). The van der Waals surface area contributed by atoms with Crippen molar-refractivity contribution in [3.8, 4) is 5.75 Å². The van der Waals surface area contributed by atoms with Crippen LogP contribution in [0, 0.1) is 0 Å². The first kappa shape index (κ1) is 14.1. The highest BCUT2D eigenvalue weighted by Gasteiger charge is 2.37. The number of hydrogen-bond acceptors (Lipinski definition) is 3. The molecular weight excluding hydrogens is 249 g/mol. The minimum Gasteiger partial charge on any atom is -0.505 e. The minimum absolute atomic E-state index is 0.0631. The van der Waals surface area contributed by atoms with Gasteiger partial charge in [0.15, 0.2) is 5.75 Å². The molecule has 0 saturated heterocycles. The number of alkyl halides is 3. The van der Waals surface area contributed by atoms with Gasteiger partial charge in [0.05, 0.1) is 16.8 Å². The first-order valence-corrected chi connectivity index (χ1v) is 5.02. The van der Waals surface area contributed by atoms with Crippen LogP contribution in [0.15, 0.2) is 12.1 Å². The SMILES string of the molecule is CNc1ccc(C(F)(F)F)c(C(=O)N(C)C)c1O. The Kier molecular flexibility index (Phi) is 3.73. The molecule has 18 heavy (non-hydrogen) atoms. The van der Waals surface area contributed by atoms with E-state index in [1.807, 2.05) is 0 Å². The van der Waals surface area contributed by atoms with Crippen LogP contribution in [0.5, 0.6) is 5.75 Å². The summed E-state index contributed by atoms with van der Waals surface area (Å²) in [5, 5.41) is 12.3. The van der Waals surface area contributed by atoms with Crippen molar-refractivity contribution < 1.29 is 23.1 Å². The van der Waals surface area contributed by atoms with Gasteiger partial charge in [0.25, 0.3) is 5.91 Å². The number of benzene rings is 1. The molecule has 7 heteroatoms. The van der Waals surface area contributed by atoms with Crippen LogP contribution < -0.4 is 5.32 Å². The molecule has 0 fully saturated rings. The van der Waals surface area contributed by atoms with Crippen molar-refractivity contribution in [2.24, 2.45) is 0 Å². The summed E-state index contributed by atoms with van der Waals surface area (Å²) in [5.41, 5.74) is -1.84. The van der Waals surface area contributed by atoms with Crippen LogP contribution in [0.1, 0.15) is 15.9 Å². The molecule has 0 aliphatic heterocycles. The molecule has 4 nitrogen and oxygen atoms in total. The van der Waals surface area contributed by atoms with E-state index >= 15 is 0 Å². The fourth-order valence-corrected chi connectivity index (χ4v) is 1.47. The van der Waals surface area contributed by atoms with Crippen molar-refractivity contribution in [1.82, 2.24) is 4.90 Å². The van der Waals surface area contributed by atoms with Crippen LogP contribution in [-0.2, 0) is 6.18 Å². The van der Waals surface area contributed by atoms with Gasteiger partial charge in [-0.3, -0.25) is 4.79 Å². The number of rotatable bonds is 2. The molecule has 1 aromatic rings. The minimum atomic E-state index is -4.70. The van der Waals surface area contributed by atoms with Gasteiger partial charge >= 0.3 is 6.18 Å². The number of phenolic OH excluding ortho intramolecular Hbond substituents is 1. The molecule has 1 amide bonds. The first-order chi connectivity index (χ1) is 8.20. The third-order valence-corrected chi connectivity index (χ3v) is 2.37. The third-order valence-electron chi connectivity index (χ3n) is 2.37. The Morgan fingerprint density at radius 1 is 1.33 bits per heavy atom. The summed E-state index contributed by atoms with van der Waals surface area (Å²) >= 11 is 0. The summed E-state index contributed by atoms with van der Waals surface area (Å²) in [5.74, 6) is -1.61. The van der Waals surface area contributed by atoms with Crippen molar-refractivity contribution in [2.75, 3.05) is 26.5 Å². The van der Waals surface area contributed by atoms with Gasteiger partial charge in [-0.2, -0.15) is 13.2 Å². The molecule has 0 saturated carbocycles. The second-order valence-electron chi connectivity index (χ2n) is 3.83. The number of nitrogens with one attached hydrogen (secondary N) is 1. The second-order valence-corrected chi connectivity index (χ2v) is 3.83. The Bertz CT molecular complexity index is 470. The molecule has 2 N–H and O–H groups in total. The van der Waals surface area contributed by atoms with Crippen LogP contribution in [0.4, 0.5) is 18.9 Å². The van der Waals surface area contributed by atoms with E-state index < -0.39 is 29.0 Å². The van der Waals surface area contributed by atoms with Gasteiger partial charge in [0.1, 0.15) is 0 Å².